The number of rotatable bonds is 6. The maximum Gasteiger partial charge on any atom is 0.299 e. The van der Waals surface area contributed by atoms with Gasteiger partial charge in [-0.3, -0.25) is 9.62 Å². The number of hydrogen-bond donors (Lipinski definition) is 2. The molecule has 0 atom stereocenters. The predicted octanol–water partition coefficient (Wildman–Crippen LogP) is 1.63. The number of benzene rings is 1. The molecule has 1 aromatic carbocycles. The quantitative estimate of drug-likeness (QED) is 0.827. The molecule has 1 aromatic rings. The zero-order valence-corrected chi connectivity index (χ0v) is 14.6. The van der Waals surface area contributed by atoms with Gasteiger partial charge in [0, 0.05) is 49.6 Å². The van der Waals surface area contributed by atoms with E-state index in [-0.39, 0.29) is 6.04 Å². The molecular weight excluding hydrogens is 312 g/mol. The van der Waals surface area contributed by atoms with Gasteiger partial charge in [-0.05, 0) is 51.0 Å². The first-order valence-corrected chi connectivity index (χ1v) is 9.80. The molecule has 2 N–H and O–H groups in total. The van der Waals surface area contributed by atoms with Crippen molar-refractivity contribution in [1.29, 1.82) is 0 Å². The highest BCUT2D eigenvalue weighted by Gasteiger charge is 2.31. The zero-order chi connectivity index (χ0) is 16.4. The van der Waals surface area contributed by atoms with Gasteiger partial charge in [0.2, 0.25) is 0 Å². The van der Waals surface area contributed by atoms with Crippen LogP contribution in [0, 0.1) is 0 Å². The Hall–Kier alpha value is -1.31. The summed E-state index contributed by atoms with van der Waals surface area (Å²) < 4.78 is 28.8. The van der Waals surface area contributed by atoms with Crippen LogP contribution in [0.3, 0.4) is 0 Å². The van der Waals surface area contributed by atoms with E-state index in [9.17, 15) is 8.42 Å². The van der Waals surface area contributed by atoms with Crippen molar-refractivity contribution in [1.82, 2.24) is 9.62 Å². The van der Waals surface area contributed by atoms with Gasteiger partial charge in [-0.2, -0.15) is 13.1 Å². The van der Waals surface area contributed by atoms with Gasteiger partial charge >= 0.3 is 0 Å². The second-order valence-corrected chi connectivity index (χ2v) is 8.13. The molecule has 0 unspecified atom stereocenters. The molecule has 0 bridgehead atoms. The van der Waals surface area contributed by atoms with Crippen molar-refractivity contribution in [2.75, 3.05) is 35.8 Å². The summed E-state index contributed by atoms with van der Waals surface area (Å²) in [6.45, 7) is 7.91. The minimum atomic E-state index is -3.50. The Balaban J connectivity index is 1.57. The maximum absolute atomic E-state index is 11.9. The van der Waals surface area contributed by atoms with E-state index < -0.39 is 10.2 Å². The Morgan fingerprint density at radius 3 is 2.17 bits per heavy atom. The summed E-state index contributed by atoms with van der Waals surface area (Å²) in [5.41, 5.74) is 1.73. The SMILES string of the molecule is CC(C)NS(=O)(=O)Nc1ccc(N2CCN(C3CC3)CC2)cc1. The van der Waals surface area contributed by atoms with Crippen LogP contribution in [0.2, 0.25) is 0 Å². The van der Waals surface area contributed by atoms with Crippen LogP contribution in [0.1, 0.15) is 26.7 Å². The van der Waals surface area contributed by atoms with Crippen LogP contribution in [0.5, 0.6) is 0 Å². The standard InChI is InChI=1S/C16H26N4O2S/c1-13(2)17-23(21,22)18-14-3-5-15(6-4-14)19-9-11-20(12-10-19)16-7-8-16/h3-6,13,16-18H,7-12H2,1-2H3. The highest BCUT2D eigenvalue weighted by atomic mass is 32.2. The lowest BCUT2D eigenvalue weighted by Gasteiger charge is -2.36. The molecule has 2 aliphatic rings. The normalized spacial score (nSPS) is 20.0. The van der Waals surface area contributed by atoms with Crippen LogP contribution in [-0.4, -0.2) is 51.6 Å². The molecule has 6 nitrogen and oxygen atoms in total. The van der Waals surface area contributed by atoms with Crippen LogP contribution < -0.4 is 14.3 Å². The van der Waals surface area contributed by atoms with E-state index in [4.69, 9.17) is 0 Å². The monoisotopic (exact) mass is 338 g/mol. The molecule has 7 heteroatoms. The van der Waals surface area contributed by atoms with Crippen LogP contribution in [0.15, 0.2) is 24.3 Å². The van der Waals surface area contributed by atoms with Crippen molar-refractivity contribution in [2.24, 2.45) is 0 Å². The van der Waals surface area contributed by atoms with Gasteiger partial charge in [0.15, 0.2) is 0 Å². The van der Waals surface area contributed by atoms with E-state index in [1.807, 2.05) is 24.3 Å². The largest absolute Gasteiger partial charge is 0.369 e. The summed E-state index contributed by atoms with van der Waals surface area (Å²) in [7, 11) is -3.50. The van der Waals surface area contributed by atoms with Gasteiger partial charge in [0.05, 0.1) is 0 Å². The number of nitrogens with zero attached hydrogens (tertiary/aromatic N) is 2. The highest BCUT2D eigenvalue weighted by Crippen LogP contribution is 2.28. The smallest absolute Gasteiger partial charge is 0.299 e. The highest BCUT2D eigenvalue weighted by molar-refractivity contribution is 7.90. The van der Waals surface area contributed by atoms with E-state index in [1.54, 1.807) is 13.8 Å². The Labute approximate surface area is 139 Å². The third kappa shape index (κ3) is 4.59. The second-order valence-electron chi connectivity index (χ2n) is 6.68. The molecule has 0 amide bonds. The Morgan fingerprint density at radius 2 is 1.65 bits per heavy atom. The van der Waals surface area contributed by atoms with Crippen LogP contribution >= 0.6 is 0 Å². The van der Waals surface area contributed by atoms with E-state index in [1.165, 1.54) is 12.8 Å². The molecule has 1 aliphatic heterocycles. The summed E-state index contributed by atoms with van der Waals surface area (Å²) in [6, 6.07) is 8.32. The van der Waals surface area contributed by atoms with Gasteiger partial charge in [-0.1, -0.05) is 0 Å². The molecular formula is C16H26N4O2S. The summed E-state index contributed by atoms with van der Waals surface area (Å²) in [6.07, 6.45) is 2.72. The first kappa shape index (κ1) is 16.5. The predicted molar refractivity (Wildman–Crippen MR) is 94.1 cm³/mol. The first-order chi connectivity index (χ1) is 10.9. The van der Waals surface area contributed by atoms with E-state index in [2.05, 4.69) is 19.2 Å². The molecule has 0 aromatic heterocycles. The maximum atomic E-state index is 11.9. The molecule has 1 heterocycles. The molecule has 3 rings (SSSR count). The minimum Gasteiger partial charge on any atom is -0.369 e. The Kier molecular flexibility index (Phi) is 4.79. The van der Waals surface area contributed by atoms with Crippen molar-refractivity contribution in [3.8, 4) is 0 Å². The third-order valence-electron chi connectivity index (χ3n) is 4.25. The Bertz CT molecular complexity index is 618. The average molecular weight is 338 g/mol. The minimum absolute atomic E-state index is 0.130. The fourth-order valence-corrected chi connectivity index (χ4v) is 4.15. The average Bonchev–Trinajstić information content (AvgIpc) is 3.31. The molecule has 0 spiro atoms. The third-order valence-corrected chi connectivity index (χ3v) is 5.54. The van der Waals surface area contributed by atoms with Gasteiger partial charge < -0.3 is 4.90 Å². The summed E-state index contributed by atoms with van der Waals surface area (Å²) in [4.78, 5) is 4.94. The second kappa shape index (κ2) is 6.67. The van der Waals surface area contributed by atoms with Gasteiger partial charge in [0.25, 0.3) is 10.2 Å². The van der Waals surface area contributed by atoms with Crippen LogP contribution in [0.4, 0.5) is 11.4 Å². The fraction of sp³-hybridized carbons (Fsp3) is 0.625. The summed E-state index contributed by atoms with van der Waals surface area (Å²) >= 11 is 0. The van der Waals surface area contributed by atoms with Crippen LogP contribution in [0.25, 0.3) is 0 Å². The topological polar surface area (TPSA) is 64.7 Å². The number of piperazine rings is 1. The molecule has 23 heavy (non-hydrogen) atoms. The molecule has 0 radical (unpaired) electrons. The lowest BCUT2D eigenvalue weighted by molar-refractivity contribution is 0.248. The summed E-state index contributed by atoms with van der Waals surface area (Å²) in [5, 5.41) is 0. The molecule has 1 saturated carbocycles. The lowest BCUT2D eigenvalue weighted by Crippen LogP contribution is -2.47. The molecule has 2 fully saturated rings. The zero-order valence-electron chi connectivity index (χ0n) is 13.8. The van der Waals surface area contributed by atoms with Crippen molar-refractivity contribution in [3.63, 3.8) is 0 Å². The lowest BCUT2D eigenvalue weighted by atomic mass is 10.2. The number of nitrogens with one attached hydrogen (secondary N) is 2. The van der Waals surface area contributed by atoms with E-state index in [0.29, 0.717) is 5.69 Å². The van der Waals surface area contributed by atoms with Crippen molar-refractivity contribution in [2.45, 2.75) is 38.8 Å². The van der Waals surface area contributed by atoms with E-state index in [0.717, 1.165) is 37.9 Å². The number of anilines is 2. The van der Waals surface area contributed by atoms with Gasteiger partial charge in [-0.25, -0.2) is 0 Å². The Morgan fingerprint density at radius 1 is 1.04 bits per heavy atom. The molecule has 1 aliphatic carbocycles. The van der Waals surface area contributed by atoms with Gasteiger partial charge in [-0.15, -0.1) is 0 Å². The van der Waals surface area contributed by atoms with Crippen LogP contribution in [-0.2, 0) is 10.2 Å². The molecule has 128 valence electrons. The van der Waals surface area contributed by atoms with Crippen molar-refractivity contribution in [3.05, 3.63) is 24.3 Å². The van der Waals surface area contributed by atoms with E-state index >= 15 is 0 Å². The first-order valence-electron chi connectivity index (χ1n) is 8.32. The molecule has 1 saturated heterocycles. The van der Waals surface area contributed by atoms with Gasteiger partial charge in [0.1, 0.15) is 0 Å². The summed E-state index contributed by atoms with van der Waals surface area (Å²) in [5.74, 6) is 0. The number of hydrogen-bond acceptors (Lipinski definition) is 4. The van der Waals surface area contributed by atoms with Crippen molar-refractivity contribution < 1.29 is 8.42 Å². The fourth-order valence-electron chi connectivity index (χ4n) is 3.02. The van der Waals surface area contributed by atoms with Crippen molar-refractivity contribution >= 4 is 21.6 Å².